The lowest BCUT2D eigenvalue weighted by atomic mass is 10.2. The van der Waals surface area contributed by atoms with Crippen LogP contribution in [0.2, 0.25) is 0 Å². The van der Waals surface area contributed by atoms with Crippen LogP contribution in [0.5, 0.6) is 28.7 Å². The average molecular weight is 446 g/mol. The largest absolute Gasteiger partial charge is 0.504 e. The Kier molecular flexibility index (Phi) is 10.4. The zero-order chi connectivity index (χ0) is 24.1. The molecule has 2 aromatic carbocycles. The number of aromatic carboxylic acids is 1. The molecule has 0 saturated carbocycles. The first-order chi connectivity index (χ1) is 15.3. The van der Waals surface area contributed by atoms with E-state index in [1.807, 2.05) is 0 Å². The highest BCUT2D eigenvalue weighted by Gasteiger charge is 2.14. The summed E-state index contributed by atoms with van der Waals surface area (Å²) in [6.45, 7) is 0. The van der Waals surface area contributed by atoms with E-state index in [0.29, 0.717) is 29.6 Å². The van der Waals surface area contributed by atoms with E-state index < -0.39 is 5.97 Å². The number of carboxylic acid groups (broad SMARTS) is 1. The maximum absolute atomic E-state index is 10.7. The zero-order valence-electron chi connectivity index (χ0n) is 17.5. The van der Waals surface area contributed by atoms with E-state index in [-0.39, 0.29) is 28.6 Å². The van der Waals surface area contributed by atoms with Crippen molar-refractivity contribution in [1.82, 2.24) is 0 Å². The summed E-state index contributed by atoms with van der Waals surface area (Å²) in [5, 5.41) is 27.3. The molecule has 3 rings (SSSR count). The SMILES string of the molecule is COc1cc(C(=O)O)cc(OC)c1O.COc1cc(C=O)ccc1O.O=Cc1ccco1. The molecule has 1 heterocycles. The van der Waals surface area contributed by atoms with Gasteiger partial charge in [-0.1, -0.05) is 0 Å². The summed E-state index contributed by atoms with van der Waals surface area (Å²) in [4.78, 5) is 30.7. The topological polar surface area (TPSA) is 153 Å². The third-order valence-electron chi connectivity index (χ3n) is 3.73. The van der Waals surface area contributed by atoms with Gasteiger partial charge < -0.3 is 33.9 Å². The number of hydrogen-bond donors (Lipinski definition) is 3. The van der Waals surface area contributed by atoms with E-state index in [0.717, 1.165) is 0 Å². The predicted molar refractivity (Wildman–Crippen MR) is 112 cm³/mol. The number of benzene rings is 2. The molecule has 10 nitrogen and oxygen atoms in total. The second-order valence-corrected chi connectivity index (χ2v) is 5.72. The lowest BCUT2D eigenvalue weighted by Crippen LogP contribution is -1.98. The molecule has 170 valence electrons. The fraction of sp³-hybridized carbons (Fsp3) is 0.136. The maximum Gasteiger partial charge on any atom is 0.335 e. The second kappa shape index (κ2) is 13.0. The van der Waals surface area contributed by atoms with Crippen LogP contribution in [-0.4, -0.2) is 55.2 Å². The van der Waals surface area contributed by atoms with Gasteiger partial charge in [-0.25, -0.2) is 4.79 Å². The smallest absolute Gasteiger partial charge is 0.335 e. The summed E-state index contributed by atoms with van der Waals surface area (Å²) < 4.78 is 19.0. The number of rotatable bonds is 6. The van der Waals surface area contributed by atoms with Gasteiger partial charge in [0.15, 0.2) is 35.0 Å². The van der Waals surface area contributed by atoms with Gasteiger partial charge >= 0.3 is 5.97 Å². The zero-order valence-corrected chi connectivity index (χ0v) is 17.5. The van der Waals surface area contributed by atoms with Gasteiger partial charge in [0.05, 0.1) is 33.2 Å². The number of carboxylic acids is 1. The number of hydrogen-bond acceptors (Lipinski definition) is 9. The molecule has 0 spiro atoms. The Morgan fingerprint density at radius 3 is 1.84 bits per heavy atom. The first-order valence-electron chi connectivity index (χ1n) is 8.80. The van der Waals surface area contributed by atoms with Crippen LogP contribution in [0.1, 0.15) is 31.3 Å². The molecule has 3 aromatic rings. The van der Waals surface area contributed by atoms with E-state index in [9.17, 15) is 19.5 Å². The molecule has 1 aromatic heterocycles. The number of furan rings is 1. The average Bonchev–Trinajstić information content (AvgIpc) is 3.34. The Hall–Kier alpha value is -4.47. The number of aldehydes is 2. The summed E-state index contributed by atoms with van der Waals surface area (Å²) in [6.07, 6.45) is 2.83. The third kappa shape index (κ3) is 7.41. The monoisotopic (exact) mass is 446 g/mol. The van der Waals surface area contributed by atoms with E-state index in [1.54, 1.807) is 12.1 Å². The van der Waals surface area contributed by atoms with Crippen molar-refractivity contribution >= 4 is 18.5 Å². The molecule has 0 atom stereocenters. The highest BCUT2D eigenvalue weighted by Crippen LogP contribution is 2.36. The normalized spacial score (nSPS) is 9.22. The quantitative estimate of drug-likeness (QED) is 0.480. The van der Waals surface area contributed by atoms with Crippen molar-refractivity contribution in [2.75, 3.05) is 21.3 Å². The molecule has 0 aliphatic rings. The van der Waals surface area contributed by atoms with Crippen LogP contribution in [-0.2, 0) is 0 Å². The molecule has 0 radical (unpaired) electrons. The summed E-state index contributed by atoms with van der Waals surface area (Å²) in [5.74, 6) is -0.446. The Balaban J connectivity index is 0.000000253. The van der Waals surface area contributed by atoms with Crippen molar-refractivity contribution in [3.63, 3.8) is 0 Å². The maximum atomic E-state index is 10.7. The van der Waals surface area contributed by atoms with Crippen molar-refractivity contribution in [3.8, 4) is 28.7 Å². The van der Waals surface area contributed by atoms with Crippen molar-refractivity contribution in [3.05, 3.63) is 65.6 Å². The molecule has 0 amide bonds. The molecule has 0 unspecified atom stereocenters. The first kappa shape index (κ1) is 25.6. The Morgan fingerprint density at radius 2 is 1.47 bits per heavy atom. The van der Waals surface area contributed by atoms with Gasteiger partial charge in [-0.15, -0.1) is 0 Å². The van der Waals surface area contributed by atoms with Crippen LogP contribution in [0, 0.1) is 0 Å². The number of phenols is 2. The Bertz CT molecular complexity index is 1000. The molecule has 0 bridgehead atoms. The summed E-state index contributed by atoms with van der Waals surface area (Å²) >= 11 is 0. The molecule has 0 aliphatic carbocycles. The standard InChI is InChI=1S/C9H10O5.C8H8O3.C5H4O2/c1-13-6-3-5(9(11)12)4-7(14-2)8(6)10;1-11-8-4-6(5-9)2-3-7(8)10;6-4-5-2-1-3-7-5/h3-4,10H,1-2H3,(H,11,12);2-5,10H,1H3;1-4H. The number of carbonyl (C=O) groups excluding carboxylic acids is 2. The minimum atomic E-state index is -1.11. The molecular weight excluding hydrogens is 424 g/mol. The van der Waals surface area contributed by atoms with Gasteiger partial charge in [0.1, 0.15) is 6.29 Å². The van der Waals surface area contributed by atoms with Crippen LogP contribution in [0.4, 0.5) is 0 Å². The Labute approximate surface area is 183 Å². The van der Waals surface area contributed by atoms with Gasteiger partial charge in [0, 0.05) is 5.56 Å². The van der Waals surface area contributed by atoms with Crippen LogP contribution in [0.25, 0.3) is 0 Å². The number of ether oxygens (including phenoxy) is 3. The Morgan fingerprint density at radius 1 is 0.875 bits per heavy atom. The highest BCUT2D eigenvalue weighted by molar-refractivity contribution is 5.89. The number of phenolic OH excluding ortho intramolecular Hbond substituents is 2. The highest BCUT2D eigenvalue weighted by atomic mass is 16.5. The number of aromatic hydroxyl groups is 2. The first-order valence-corrected chi connectivity index (χ1v) is 8.80. The summed E-state index contributed by atoms with van der Waals surface area (Å²) in [5.41, 5.74) is 0.483. The van der Waals surface area contributed by atoms with E-state index >= 15 is 0 Å². The van der Waals surface area contributed by atoms with Gasteiger partial charge in [-0.05, 0) is 42.5 Å². The fourth-order valence-corrected chi connectivity index (χ4v) is 2.14. The molecule has 0 fully saturated rings. The van der Waals surface area contributed by atoms with E-state index in [2.05, 4.69) is 4.42 Å². The van der Waals surface area contributed by atoms with E-state index in [1.165, 1.54) is 57.9 Å². The van der Waals surface area contributed by atoms with Crippen molar-refractivity contribution < 1.29 is 48.3 Å². The lowest BCUT2D eigenvalue weighted by molar-refractivity contribution is 0.0695. The predicted octanol–water partition coefficient (Wildman–Crippen LogP) is 3.41. The van der Waals surface area contributed by atoms with Crippen LogP contribution >= 0.6 is 0 Å². The van der Waals surface area contributed by atoms with Crippen molar-refractivity contribution in [2.24, 2.45) is 0 Å². The van der Waals surface area contributed by atoms with Crippen LogP contribution in [0.15, 0.2) is 53.1 Å². The number of methoxy groups -OCH3 is 3. The third-order valence-corrected chi connectivity index (χ3v) is 3.73. The van der Waals surface area contributed by atoms with Crippen molar-refractivity contribution in [1.29, 1.82) is 0 Å². The second-order valence-electron chi connectivity index (χ2n) is 5.72. The van der Waals surface area contributed by atoms with Gasteiger partial charge in [-0.3, -0.25) is 9.59 Å². The molecule has 3 N–H and O–H groups in total. The van der Waals surface area contributed by atoms with Gasteiger partial charge in [0.2, 0.25) is 5.75 Å². The summed E-state index contributed by atoms with van der Waals surface area (Å²) in [6, 6.07) is 10.1. The molecule has 10 heteroatoms. The number of carbonyl (C=O) groups is 3. The minimum Gasteiger partial charge on any atom is -0.504 e. The molecular formula is C22H22O10. The van der Waals surface area contributed by atoms with E-state index in [4.69, 9.17) is 24.4 Å². The molecule has 0 saturated heterocycles. The minimum absolute atomic E-state index is 0.00324. The molecule has 32 heavy (non-hydrogen) atoms. The summed E-state index contributed by atoms with van der Waals surface area (Å²) in [7, 11) is 4.10. The van der Waals surface area contributed by atoms with Gasteiger partial charge in [0.25, 0.3) is 0 Å². The van der Waals surface area contributed by atoms with Crippen LogP contribution in [0.3, 0.4) is 0 Å². The van der Waals surface area contributed by atoms with Crippen LogP contribution < -0.4 is 14.2 Å². The van der Waals surface area contributed by atoms with Gasteiger partial charge in [-0.2, -0.15) is 0 Å². The lowest BCUT2D eigenvalue weighted by Gasteiger charge is -2.08. The molecule has 0 aliphatic heterocycles. The van der Waals surface area contributed by atoms with Crippen molar-refractivity contribution in [2.45, 2.75) is 0 Å². The fourth-order valence-electron chi connectivity index (χ4n) is 2.14.